The number of hydrogen-bond acceptors (Lipinski definition) is 4. The lowest BCUT2D eigenvalue weighted by molar-refractivity contribution is 0.602. The first-order chi connectivity index (χ1) is 6.89. The van der Waals surface area contributed by atoms with Gasteiger partial charge in [-0.3, -0.25) is 5.41 Å². The van der Waals surface area contributed by atoms with Gasteiger partial charge in [-0.1, -0.05) is 23.9 Å². The highest BCUT2D eigenvalue weighted by Crippen LogP contribution is 2.14. The van der Waals surface area contributed by atoms with Crippen LogP contribution in [0, 0.1) is 5.41 Å². The summed E-state index contributed by atoms with van der Waals surface area (Å²) in [5.41, 5.74) is 6.14. The van der Waals surface area contributed by atoms with E-state index in [-0.39, 0.29) is 22.1 Å². The molecule has 3 N–H and O–H groups in total. The van der Waals surface area contributed by atoms with E-state index in [1.54, 1.807) is 24.3 Å². The van der Waals surface area contributed by atoms with Crippen LogP contribution < -0.4 is 5.73 Å². The molecule has 0 bridgehead atoms. The third kappa shape index (κ3) is 5.00. The number of benzene rings is 1. The van der Waals surface area contributed by atoms with Crippen LogP contribution in [0.1, 0.15) is 5.56 Å². The van der Waals surface area contributed by atoms with Crippen LogP contribution in [0.4, 0.5) is 0 Å². The van der Waals surface area contributed by atoms with Crippen LogP contribution in [-0.2, 0) is 15.6 Å². The number of sulfone groups is 1. The number of nitrogens with two attached hydrogens (primary N) is 1. The molecule has 90 valence electrons. The van der Waals surface area contributed by atoms with Crippen LogP contribution >= 0.6 is 28.7 Å². The SMILES string of the molecule is Br.CS(=O)(=O)c1ccc(CSC(=N)N)cc1. The van der Waals surface area contributed by atoms with Gasteiger partial charge in [-0.25, -0.2) is 8.42 Å². The van der Waals surface area contributed by atoms with Crippen molar-refractivity contribution in [3.8, 4) is 0 Å². The lowest BCUT2D eigenvalue weighted by Crippen LogP contribution is -2.03. The van der Waals surface area contributed by atoms with Gasteiger partial charge in [0, 0.05) is 12.0 Å². The molecule has 0 spiro atoms. The van der Waals surface area contributed by atoms with Crippen molar-refractivity contribution in [1.29, 1.82) is 5.41 Å². The smallest absolute Gasteiger partial charge is 0.175 e. The largest absolute Gasteiger partial charge is 0.379 e. The highest BCUT2D eigenvalue weighted by molar-refractivity contribution is 8.93. The molecule has 0 fully saturated rings. The molecule has 0 amide bonds. The van der Waals surface area contributed by atoms with Crippen molar-refractivity contribution in [3.63, 3.8) is 0 Å². The van der Waals surface area contributed by atoms with E-state index in [1.807, 2.05) is 0 Å². The first kappa shape index (κ1) is 15.5. The van der Waals surface area contributed by atoms with E-state index in [4.69, 9.17) is 11.1 Å². The summed E-state index contributed by atoms with van der Waals surface area (Å²) in [6, 6.07) is 6.58. The molecule has 0 aliphatic rings. The van der Waals surface area contributed by atoms with Crippen LogP contribution in [0.5, 0.6) is 0 Å². The van der Waals surface area contributed by atoms with Gasteiger partial charge in [0.2, 0.25) is 0 Å². The van der Waals surface area contributed by atoms with Crippen LogP contribution in [0.2, 0.25) is 0 Å². The molecule has 7 heteroatoms. The van der Waals surface area contributed by atoms with Crippen LogP contribution in [0.3, 0.4) is 0 Å². The number of rotatable bonds is 3. The molecule has 0 radical (unpaired) electrons. The van der Waals surface area contributed by atoms with Gasteiger partial charge in [-0.05, 0) is 17.7 Å². The minimum Gasteiger partial charge on any atom is -0.379 e. The number of halogens is 1. The van der Waals surface area contributed by atoms with Crippen molar-refractivity contribution in [2.24, 2.45) is 5.73 Å². The van der Waals surface area contributed by atoms with E-state index in [1.165, 1.54) is 18.0 Å². The summed E-state index contributed by atoms with van der Waals surface area (Å²) in [5.74, 6) is 0.583. The summed E-state index contributed by atoms with van der Waals surface area (Å²) in [5, 5.41) is 7.09. The number of amidine groups is 1. The summed E-state index contributed by atoms with van der Waals surface area (Å²) in [6.45, 7) is 0. The molecule has 0 aliphatic heterocycles. The minimum absolute atomic E-state index is 0. The van der Waals surface area contributed by atoms with Crippen molar-refractivity contribution in [3.05, 3.63) is 29.8 Å². The van der Waals surface area contributed by atoms with E-state index in [2.05, 4.69) is 0 Å². The molecule has 0 aromatic heterocycles. The molecule has 16 heavy (non-hydrogen) atoms. The second kappa shape index (κ2) is 6.27. The fourth-order valence-corrected chi connectivity index (χ4v) is 2.14. The molecular weight excluding hydrogens is 312 g/mol. The van der Waals surface area contributed by atoms with Crippen molar-refractivity contribution < 1.29 is 8.42 Å². The molecule has 0 saturated carbocycles. The Morgan fingerprint density at radius 2 is 1.88 bits per heavy atom. The fraction of sp³-hybridized carbons (Fsp3) is 0.222. The molecule has 4 nitrogen and oxygen atoms in total. The Kier molecular flexibility index (Phi) is 6.06. The van der Waals surface area contributed by atoms with Gasteiger partial charge in [0.15, 0.2) is 15.0 Å². The highest BCUT2D eigenvalue weighted by atomic mass is 79.9. The van der Waals surface area contributed by atoms with Gasteiger partial charge >= 0.3 is 0 Å². The van der Waals surface area contributed by atoms with Crippen LogP contribution in [0.15, 0.2) is 29.2 Å². The number of hydrogen-bond donors (Lipinski definition) is 2. The van der Waals surface area contributed by atoms with Crippen molar-refractivity contribution in [1.82, 2.24) is 0 Å². The van der Waals surface area contributed by atoms with Gasteiger partial charge in [-0.2, -0.15) is 0 Å². The number of nitrogens with one attached hydrogen (secondary N) is 1. The molecule has 1 aromatic carbocycles. The third-order valence-corrected chi connectivity index (χ3v) is 3.66. The standard InChI is InChI=1S/C9H12N2O2S2.BrH/c1-15(12,13)8-4-2-7(3-5-8)6-14-9(10)11;/h2-5H,6H2,1H3,(H3,10,11);1H. The van der Waals surface area contributed by atoms with Crippen molar-refractivity contribution in [2.75, 3.05) is 6.26 Å². The average molecular weight is 325 g/mol. The summed E-state index contributed by atoms with van der Waals surface area (Å²) in [6.07, 6.45) is 1.17. The van der Waals surface area contributed by atoms with Gasteiger partial charge in [0.05, 0.1) is 4.90 Å². The minimum atomic E-state index is -3.12. The average Bonchev–Trinajstić information content (AvgIpc) is 2.14. The fourth-order valence-electron chi connectivity index (χ4n) is 0.994. The lowest BCUT2D eigenvalue weighted by Gasteiger charge is -2.01. The Hall–Kier alpha value is -0.530. The maximum absolute atomic E-state index is 11.2. The Labute approximate surface area is 110 Å². The molecule has 0 aliphatic carbocycles. The summed E-state index contributed by atoms with van der Waals surface area (Å²) < 4.78 is 22.3. The summed E-state index contributed by atoms with van der Waals surface area (Å²) >= 11 is 1.21. The molecular formula is C9H13BrN2O2S2. The zero-order valence-electron chi connectivity index (χ0n) is 8.64. The summed E-state index contributed by atoms with van der Waals surface area (Å²) in [4.78, 5) is 0.305. The first-order valence-corrected chi connectivity index (χ1v) is 7.03. The summed E-state index contributed by atoms with van der Waals surface area (Å²) in [7, 11) is -3.12. The van der Waals surface area contributed by atoms with Crippen molar-refractivity contribution >= 4 is 43.7 Å². The maximum atomic E-state index is 11.2. The molecule has 0 unspecified atom stereocenters. The highest BCUT2D eigenvalue weighted by Gasteiger charge is 2.05. The lowest BCUT2D eigenvalue weighted by atomic mass is 10.2. The molecule has 0 saturated heterocycles. The Morgan fingerprint density at radius 1 is 1.38 bits per heavy atom. The second-order valence-corrected chi connectivity index (χ2v) is 6.10. The first-order valence-electron chi connectivity index (χ1n) is 4.15. The van der Waals surface area contributed by atoms with Crippen LogP contribution in [0.25, 0.3) is 0 Å². The normalized spacial score (nSPS) is 10.6. The predicted molar refractivity (Wildman–Crippen MR) is 73.1 cm³/mol. The quantitative estimate of drug-likeness (QED) is 0.655. The van der Waals surface area contributed by atoms with Gasteiger partial charge in [0.1, 0.15) is 0 Å². The molecule has 1 rings (SSSR count). The zero-order valence-corrected chi connectivity index (χ0v) is 12.0. The monoisotopic (exact) mass is 324 g/mol. The van der Waals surface area contributed by atoms with E-state index in [9.17, 15) is 8.42 Å². The van der Waals surface area contributed by atoms with E-state index in [0.717, 1.165) is 5.56 Å². The molecule has 0 atom stereocenters. The predicted octanol–water partition coefficient (Wildman–Crippen LogP) is 1.79. The Bertz CT molecular complexity index is 457. The van der Waals surface area contributed by atoms with Crippen LogP contribution in [-0.4, -0.2) is 19.8 Å². The van der Waals surface area contributed by atoms with Gasteiger partial charge < -0.3 is 5.73 Å². The van der Waals surface area contributed by atoms with E-state index < -0.39 is 9.84 Å². The van der Waals surface area contributed by atoms with Gasteiger partial charge in [-0.15, -0.1) is 17.0 Å². The van der Waals surface area contributed by atoms with Crippen molar-refractivity contribution in [2.45, 2.75) is 10.6 Å². The Morgan fingerprint density at radius 3 is 2.25 bits per heavy atom. The second-order valence-electron chi connectivity index (χ2n) is 3.07. The molecule has 1 aromatic rings. The zero-order chi connectivity index (χ0) is 11.5. The number of thioether (sulfide) groups is 1. The van der Waals surface area contributed by atoms with E-state index >= 15 is 0 Å². The van der Waals surface area contributed by atoms with Gasteiger partial charge in [0.25, 0.3) is 0 Å². The molecule has 0 heterocycles. The third-order valence-electron chi connectivity index (χ3n) is 1.75. The Balaban J connectivity index is 0.00000225. The van der Waals surface area contributed by atoms with E-state index in [0.29, 0.717) is 10.6 Å². The topological polar surface area (TPSA) is 84.0 Å². The maximum Gasteiger partial charge on any atom is 0.175 e.